The third kappa shape index (κ3) is 7.41. The molecule has 6 heteroatoms. The number of likely N-dealkylation sites (tertiary alicyclic amines) is 1. The van der Waals surface area contributed by atoms with Gasteiger partial charge in [0.1, 0.15) is 5.82 Å². The summed E-state index contributed by atoms with van der Waals surface area (Å²) in [6.45, 7) is 14.9. The first-order valence-corrected chi connectivity index (χ1v) is 14.3. The Morgan fingerprint density at radius 3 is 2.35 bits per heavy atom. The molecule has 3 aromatic rings. The molecule has 0 aliphatic carbocycles. The van der Waals surface area contributed by atoms with E-state index in [0.717, 1.165) is 73.4 Å². The fourth-order valence-corrected chi connectivity index (χ4v) is 5.16. The van der Waals surface area contributed by atoms with Crippen molar-refractivity contribution in [2.45, 2.75) is 72.8 Å². The van der Waals surface area contributed by atoms with Gasteiger partial charge in [-0.05, 0) is 93.9 Å². The highest BCUT2D eigenvalue weighted by atomic mass is 16.2. The number of hydrogen-bond donors (Lipinski definition) is 0. The number of piperidine rings is 1. The summed E-state index contributed by atoms with van der Waals surface area (Å²) >= 11 is 0. The predicted octanol–water partition coefficient (Wildman–Crippen LogP) is 6.51. The first-order valence-electron chi connectivity index (χ1n) is 14.3. The second kappa shape index (κ2) is 13.2. The Hall–Kier alpha value is -2.73. The number of imidazole rings is 1. The minimum Gasteiger partial charge on any atom is -0.339 e. The van der Waals surface area contributed by atoms with Crippen molar-refractivity contribution in [3.8, 4) is 11.4 Å². The normalized spacial score (nSPS) is 14.6. The highest BCUT2D eigenvalue weighted by Crippen LogP contribution is 2.26. The summed E-state index contributed by atoms with van der Waals surface area (Å²) in [5.41, 5.74) is 3.75. The second-order valence-corrected chi connectivity index (χ2v) is 11.4. The lowest BCUT2D eigenvalue weighted by Gasteiger charge is -2.26. The van der Waals surface area contributed by atoms with Crippen molar-refractivity contribution >= 4 is 16.9 Å². The van der Waals surface area contributed by atoms with Gasteiger partial charge in [0.2, 0.25) is 0 Å². The quantitative estimate of drug-likeness (QED) is 0.283. The molecule has 3 heterocycles. The van der Waals surface area contributed by atoms with Gasteiger partial charge in [-0.3, -0.25) is 9.78 Å². The molecule has 1 aliphatic heterocycles. The van der Waals surface area contributed by atoms with Gasteiger partial charge in [0.15, 0.2) is 0 Å². The number of aryl methyl sites for hydroxylation is 1. The van der Waals surface area contributed by atoms with E-state index < -0.39 is 0 Å². The van der Waals surface area contributed by atoms with Crippen LogP contribution >= 0.6 is 0 Å². The topological polar surface area (TPSA) is 54.3 Å². The molecule has 1 aliphatic rings. The second-order valence-electron chi connectivity index (χ2n) is 11.4. The average molecular weight is 504 g/mol. The van der Waals surface area contributed by atoms with E-state index >= 15 is 0 Å². The molecular formula is C31H45N5O. The van der Waals surface area contributed by atoms with Crippen LogP contribution in [0.2, 0.25) is 0 Å². The van der Waals surface area contributed by atoms with E-state index in [9.17, 15) is 4.79 Å². The zero-order chi connectivity index (χ0) is 26.2. The standard InChI is InChI=1S/C31H45N5O/c1-24(2)13-20-35(21-14-25(3)4)31(37)26-11-12-28-29(22-26)36(19-9-18-34-16-6-5-7-17-34)30(33-28)27-10-8-15-32-23-27/h8,10-12,15,22-25H,5-7,9,13-14,16-21H2,1-4H3. The van der Waals surface area contributed by atoms with Crippen LogP contribution in [0.5, 0.6) is 0 Å². The van der Waals surface area contributed by atoms with Crippen LogP contribution in [0.25, 0.3) is 22.4 Å². The lowest BCUT2D eigenvalue weighted by molar-refractivity contribution is 0.0741. The van der Waals surface area contributed by atoms with Crippen LogP contribution in [0, 0.1) is 11.8 Å². The third-order valence-electron chi connectivity index (χ3n) is 7.46. The fraction of sp³-hybridized carbons (Fsp3) is 0.581. The SMILES string of the molecule is CC(C)CCN(CCC(C)C)C(=O)c1ccc2nc(-c3cccnc3)n(CCCN3CCCCC3)c2c1. The van der Waals surface area contributed by atoms with Crippen molar-refractivity contribution in [1.29, 1.82) is 0 Å². The number of aromatic nitrogens is 3. The molecule has 6 nitrogen and oxygen atoms in total. The van der Waals surface area contributed by atoms with Crippen molar-refractivity contribution in [3.63, 3.8) is 0 Å². The van der Waals surface area contributed by atoms with Crippen LogP contribution in [0.3, 0.4) is 0 Å². The van der Waals surface area contributed by atoms with Gasteiger partial charge in [0, 0.05) is 43.2 Å². The molecule has 0 bridgehead atoms. The summed E-state index contributed by atoms with van der Waals surface area (Å²) < 4.78 is 2.31. The van der Waals surface area contributed by atoms with Gasteiger partial charge in [-0.1, -0.05) is 34.1 Å². The lowest BCUT2D eigenvalue weighted by Crippen LogP contribution is -2.34. The molecule has 0 spiro atoms. The molecule has 1 fully saturated rings. The Labute approximate surface area is 223 Å². The van der Waals surface area contributed by atoms with Crippen LogP contribution in [-0.2, 0) is 6.54 Å². The lowest BCUT2D eigenvalue weighted by atomic mass is 10.1. The Kier molecular flexibility index (Phi) is 9.73. The molecule has 0 saturated carbocycles. The van der Waals surface area contributed by atoms with Crippen molar-refractivity contribution < 1.29 is 4.79 Å². The Morgan fingerprint density at radius 1 is 0.973 bits per heavy atom. The maximum Gasteiger partial charge on any atom is 0.253 e. The first kappa shape index (κ1) is 27.3. The van der Waals surface area contributed by atoms with Crippen LogP contribution < -0.4 is 0 Å². The first-order chi connectivity index (χ1) is 17.9. The summed E-state index contributed by atoms with van der Waals surface area (Å²) in [6, 6.07) is 10.1. The van der Waals surface area contributed by atoms with E-state index in [4.69, 9.17) is 4.98 Å². The summed E-state index contributed by atoms with van der Waals surface area (Å²) in [7, 11) is 0. The minimum absolute atomic E-state index is 0.132. The highest BCUT2D eigenvalue weighted by molar-refractivity contribution is 5.98. The monoisotopic (exact) mass is 503 g/mol. The average Bonchev–Trinajstić information content (AvgIpc) is 3.27. The van der Waals surface area contributed by atoms with Gasteiger partial charge in [0.05, 0.1) is 11.0 Å². The number of benzene rings is 1. The summed E-state index contributed by atoms with van der Waals surface area (Å²) in [6.07, 6.45) is 10.8. The Morgan fingerprint density at radius 2 is 1.70 bits per heavy atom. The minimum atomic E-state index is 0.132. The molecule has 1 amide bonds. The number of carbonyl (C=O) groups excluding carboxylic acids is 1. The van der Waals surface area contributed by atoms with Crippen molar-refractivity contribution in [3.05, 3.63) is 48.3 Å². The molecule has 4 rings (SSSR count). The largest absolute Gasteiger partial charge is 0.339 e. The summed E-state index contributed by atoms with van der Waals surface area (Å²) in [5.74, 6) is 2.20. The molecule has 0 radical (unpaired) electrons. The molecule has 0 N–H and O–H groups in total. The van der Waals surface area contributed by atoms with E-state index in [-0.39, 0.29) is 5.91 Å². The van der Waals surface area contributed by atoms with E-state index in [0.29, 0.717) is 11.8 Å². The smallest absolute Gasteiger partial charge is 0.253 e. The number of pyridine rings is 1. The van der Waals surface area contributed by atoms with E-state index in [1.165, 1.54) is 32.4 Å². The summed E-state index contributed by atoms with van der Waals surface area (Å²) in [4.78, 5) is 27.7. The molecule has 200 valence electrons. The maximum atomic E-state index is 13.7. The molecular weight excluding hydrogens is 458 g/mol. The van der Waals surface area contributed by atoms with Gasteiger partial charge in [0.25, 0.3) is 5.91 Å². The maximum absolute atomic E-state index is 13.7. The molecule has 37 heavy (non-hydrogen) atoms. The van der Waals surface area contributed by atoms with Gasteiger partial charge in [-0.25, -0.2) is 4.98 Å². The number of carbonyl (C=O) groups is 1. The zero-order valence-corrected chi connectivity index (χ0v) is 23.3. The summed E-state index contributed by atoms with van der Waals surface area (Å²) in [5, 5.41) is 0. The van der Waals surface area contributed by atoms with Gasteiger partial charge < -0.3 is 14.4 Å². The predicted molar refractivity (Wildman–Crippen MR) is 153 cm³/mol. The molecule has 2 aromatic heterocycles. The van der Waals surface area contributed by atoms with Gasteiger partial charge in [-0.15, -0.1) is 0 Å². The third-order valence-corrected chi connectivity index (χ3v) is 7.46. The highest BCUT2D eigenvalue weighted by Gasteiger charge is 2.20. The molecule has 1 saturated heterocycles. The number of hydrogen-bond acceptors (Lipinski definition) is 4. The van der Waals surface area contributed by atoms with Crippen LogP contribution in [0.15, 0.2) is 42.7 Å². The van der Waals surface area contributed by atoms with Gasteiger partial charge >= 0.3 is 0 Å². The zero-order valence-electron chi connectivity index (χ0n) is 23.3. The Bertz CT molecular complexity index is 1120. The van der Waals surface area contributed by atoms with Crippen molar-refractivity contribution in [2.24, 2.45) is 11.8 Å². The number of amides is 1. The van der Waals surface area contributed by atoms with E-state index in [1.807, 2.05) is 24.4 Å². The van der Waals surface area contributed by atoms with Crippen LogP contribution in [0.4, 0.5) is 0 Å². The van der Waals surface area contributed by atoms with E-state index in [1.54, 1.807) is 6.20 Å². The Balaban J connectivity index is 1.62. The van der Waals surface area contributed by atoms with Crippen molar-refractivity contribution in [1.82, 2.24) is 24.3 Å². The fourth-order valence-electron chi connectivity index (χ4n) is 5.16. The molecule has 0 atom stereocenters. The van der Waals surface area contributed by atoms with E-state index in [2.05, 4.69) is 59.2 Å². The van der Waals surface area contributed by atoms with Crippen molar-refractivity contribution in [2.75, 3.05) is 32.7 Å². The molecule has 0 unspecified atom stereocenters. The van der Waals surface area contributed by atoms with Crippen LogP contribution in [0.1, 0.15) is 76.6 Å². The van der Waals surface area contributed by atoms with Gasteiger partial charge in [-0.2, -0.15) is 0 Å². The van der Waals surface area contributed by atoms with Crippen LogP contribution in [-0.4, -0.2) is 63.0 Å². The molecule has 1 aromatic carbocycles. The number of nitrogens with zero attached hydrogens (tertiary/aromatic N) is 5. The number of fused-ring (bicyclic) bond motifs is 1. The number of rotatable bonds is 12.